The molecule has 5 nitrogen and oxygen atoms in total. The number of carbonyl (C=O) groups is 1. The van der Waals surface area contributed by atoms with E-state index in [-0.39, 0.29) is 23.0 Å². The molecule has 2 aliphatic rings. The smallest absolute Gasteiger partial charge is 0.226 e. The Morgan fingerprint density at radius 2 is 1.89 bits per heavy atom. The van der Waals surface area contributed by atoms with Gasteiger partial charge in [-0.1, -0.05) is 13.8 Å². The van der Waals surface area contributed by atoms with Crippen LogP contribution in [-0.2, 0) is 14.8 Å². The van der Waals surface area contributed by atoms with Crippen LogP contribution < -0.4 is 5.32 Å². The van der Waals surface area contributed by atoms with E-state index in [0.29, 0.717) is 25.9 Å². The van der Waals surface area contributed by atoms with Gasteiger partial charge in [0.1, 0.15) is 0 Å². The molecule has 18 heavy (non-hydrogen) atoms. The highest BCUT2D eigenvalue weighted by molar-refractivity contribution is 7.89. The molecule has 0 aromatic heterocycles. The Labute approximate surface area is 109 Å². The fraction of sp³-hybridized carbons (Fsp3) is 0.917. The lowest BCUT2D eigenvalue weighted by Crippen LogP contribution is -2.47. The molecule has 2 aliphatic heterocycles. The van der Waals surface area contributed by atoms with E-state index in [1.165, 1.54) is 0 Å². The second kappa shape index (κ2) is 4.81. The van der Waals surface area contributed by atoms with E-state index < -0.39 is 10.0 Å². The number of sulfonamides is 1. The minimum Gasteiger partial charge on any atom is -0.356 e. The molecule has 1 N–H and O–H groups in total. The average molecular weight is 274 g/mol. The Hall–Kier alpha value is -0.620. The zero-order valence-electron chi connectivity index (χ0n) is 11.1. The maximum absolute atomic E-state index is 12.1. The molecule has 0 bridgehead atoms. The van der Waals surface area contributed by atoms with Crippen molar-refractivity contribution in [1.29, 1.82) is 0 Å². The monoisotopic (exact) mass is 274 g/mol. The molecule has 1 spiro atoms. The van der Waals surface area contributed by atoms with E-state index in [1.54, 1.807) is 4.31 Å². The van der Waals surface area contributed by atoms with Crippen molar-refractivity contribution in [2.24, 2.45) is 11.3 Å². The molecule has 1 amide bonds. The summed E-state index contributed by atoms with van der Waals surface area (Å²) < 4.78 is 25.8. The van der Waals surface area contributed by atoms with Crippen molar-refractivity contribution in [3.05, 3.63) is 0 Å². The van der Waals surface area contributed by atoms with E-state index in [1.807, 2.05) is 13.8 Å². The van der Waals surface area contributed by atoms with Gasteiger partial charge >= 0.3 is 0 Å². The highest BCUT2D eigenvalue weighted by Gasteiger charge is 2.45. The summed E-state index contributed by atoms with van der Waals surface area (Å²) in [6.07, 6.45) is 2.18. The lowest BCUT2D eigenvalue weighted by Gasteiger charge is -2.36. The van der Waals surface area contributed by atoms with Crippen LogP contribution >= 0.6 is 0 Å². The molecule has 2 fully saturated rings. The molecule has 104 valence electrons. The van der Waals surface area contributed by atoms with Crippen LogP contribution in [0.1, 0.15) is 33.1 Å². The molecule has 2 heterocycles. The number of piperidine rings is 1. The van der Waals surface area contributed by atoms with Gasteiger partial charge in [0, 0.05) is 19.6 Å². The Morgan fingerprint density at radius 3 is 2.33 bits per heavy atom. The quantitative estimate of drug-likeness (QED) is 0.818. The highest BCUT2D eigenvalue weighted by atomic mass is 32.2. The Balaban J connectivity index is 2.00. The van der Waals surface area contributed by atoms with Crippen molar-refractivity contribution in [2.45, 2.75) is 33.1 Å². The third kappa shape index (κ3) is 2.54. The number of amides is 1. The van der Waals surface area contributed by atoms with Crippen LogP contribution in [-0.4, -0.2) is 44.0 Å². The predicted molar refractivity (Wildman–Crippen MR) is 69.5 cm³/mol. The zero-order chi connectivity index (χ0) is 13.4. The maximum atomic E-state index is 12.1. The van der Waals surface area contributed by atoms with Crippen molar-refractivity contribution in [2.75, 3.05) is 25.4 Å². The molecule has 2 rings (SSSR count). The number of nitrogens with zero attached hydrogens (tertiary/aromatic N) is 1. The van der Waals surface area contributed by atoms with Gasteiger partial charge in [0.05, 0.1) is 11.2 Å². The number of hydrogen-bond acceptors (Lipinski definition) is 3. The van der Waals surface area contributed by atoms with Crippen LogP contribution in [0.2, 0.25) is 0 Å². The molecule has 6 heteroatoms. The van der Waals surface area contributed by atoms with Crippen molar-refractivity contribution < 1.29 is 13.2 Å². The number of nitrogens with one attached hydrogen (secondary N) is 1. The van der Waals surface area contributed by atoms with Crippen molar-refractivity contribution in [3.63, 3.8) is 0 Å². The Bertz CT molecular complexity index is 423. The first-order chi connectivity index (χ1) is 8.36. The lowest BCUT2D eigenvalue weighted by molar-refractivity contribution is -0.129. The molecule has 0 unspecified atom stereocenters. The summed E-state index contributed by atoms with van der Waals surface area (Å²) >= 11 is 0. The average Bonchev–Trinajstić information content (AvgIpc) is 2.59. The van der Waals surface area contributed by atoms with Crippen LogP contribution in [0.3, 0.4) is 0 Å². The normalized spacial score (nSPS) is 24.7. The molecular formula is C12H22N2O3S. The van der Waals surface area contributed by atoms with Crippen LogP contribution in [0.15, 0.2) is 0 Å². The first-order valence-corrected chi connectivity index (χ1v) is 8.23. The molecular weight excluding hydrogens is 252 g/mol. The van der Waals surface area contributed by atoms with Crippen molar-refractivity contribution in [3.8, 4) is 0 Å². The van der Waals surface area contributed by atoms with Gasteiger partial charge in [-0.3, -0.25) is 4.79 Å². The van der Waals surface area contributed by atoms with E-state index in [9.17, 15) is 13.2 Å². The Kier molecular flexibility index (Phi) is 3.69. The van der Waals surface area contributed by atoms with E-state index in [4.69, 9.17) is 0 Å². The third-order valence-electron chi connectivity index (χ3n) is 3.99. The molecule has 0 aromatic carbocycles. The third-order valence-corrected chi connectivity index (χ3v) is 6.23. The maximum Gasteiger partial charge on any atom is 0.226 e. The summed E-state index contributed by atoms with van der Waals surface area (Å²) in [4.78, 5) is 11.8. The molecule has 0 atom stereocenters. The van der Waals surface area contributed by atoms with Crippen molar-refractivity contribution in [1.82, 2.24) is 9.62 Å². The molecule has 0 aromatic rings. The number of carbonyl (C=O) groups excluding carboxylic acids is 1. The Morgan fingerprint density at radius 1 is 1.28 bits per heavy atom. The SMILES string of the molecule is CC(C)CS(=O)(=O)N1CCC2(CCNC2=O)CC1. The van der Waals surface area contributed by atoms with Gasteiger partial charge in [0.2, 0.25) is 15.9 Å². The van der Waals surface area contributed by atoms with Gasteiger partial charge in [0.15, 0.2) is 0 Å². The lowest BCUT2D eigenvalue weighted by atomic mass is 9.78. The van der Waals surface area contributed by atoms with E-state index >= 15 is 0 Å². The minimum absolute atomic E-state index is 0.114. The van der Waals surface area contributed by atoms with Crippen LogP contribution in [0.25, 0.3) is 0 Å². The van der Waals surface area contributed by atoms with Gasteiger partial charge in [-0.15, -0.1) is 0 Å². The van der Waals surface area contributed by atoms with Gasteiger partial charge in [-0.25, -0.2) is 12.7 Å². The summed E-state index contributed by atoms with van der Waals surface area (Å²) in [7, 11) is -3.14. The second-order valence-electron chi connectivity index (χ2n) is 5.86. The summed E-state index contributed by atoms with van der Waals surface area (Å²) in [6, 6.07) is 0. The van der Waals surface area contributed by atoms with Gasteiger partial charge < -0.3 is 5.32 Å². The molecule has 2 saturated heterocycles. The summed E-state index contributed by atoms with van der Waals surface area (Å²) in [6.45, 7) is 5.53. The van der Waals surface area contributed by atoms with Crippen LogP contribution in [0, 0.1) is 11.3 Å². The second-order valence-corrected chi connectivity index (χ2v) is 7.87. The van der Waals surface area contributed by atoms with Gasteiger partial charge in [-0.05, 0) is 25.2 Å². The van der Waals surface area contributed by atoms with Gasteiger partial charge in [-0.2, -0.15) is 0 Å². The summed E-state index contributed by atoms with van der Waals surface area (Å²) in [5.41, 5.74) is -0.288. The minimum atomic E-state index is -3.14. The topological polar surface area (TPSA) is 66.5 Å². The van der Waals surface area contributed by atoms with E-state index in [0.717, 1.165) is 13.0 Å². The first kappa shape index (κ1) is 13.8. The molecule has 0 saturated carbocycles. The van der Waals surface area contributed by atoms with Gasteiger partial charge in [0.25, 0.3) is 0 Å². The van der Waals surface area contributed by atoms with Crippen LogP contribution in [0.5, 0.6) is 0 Å². The number of rotatable bonds is 3. The fourth-order valence-electron chi connectivity index (χ4n) is 2.91. The molecule has 0 aliphatic carbocycles. The summed E-state index contributed by atoms with van der Waals surface area (Å²) in [5.74, 6) is 0.454. The summed E-state index contributed by atoms with van der Waals surface area (Å²) in [5, 5.41) is 2.86. The van der Waals surface area contributed by atoms with E-state index in [2.05, 4.69) is 5.32 Å². The number of hydrogen-bond donors (Lipinski definition) is 1. The van der Waals surface area contributed by atoms with Crippen LogP contribution in [0.4, 0.5) is 0 Å². The fourth-order valence-corrected chi connectivity index (χ4v) is 4.70. The first-order valence-electron chi connectivity index (χ1n) is 6.62. The standard InChI is InChI=1S/C12H22N2O3S/c1-10(2)9-18(16,17)14-7-4-12(5-8-14)3-6-13-11(12)15/h10H,3-9H2,1-2H3,(H,13,15). The predicted octanol–water partition coefficient (Wildman–Crippen LogP) is 0.574. The largest absolute Gasteiger partial charge is 0.356 e. The highest BCUT2D eigenvalue weighted by Crippen LogP contribution is 2.38. The van der Waals surface area contributed by atoms with Crippen molar-refractivity contribution >= 4 is 15.9 Å². The molecule has 0 radical (unpaired) electrons. The zero-order valence-corrected chi connectivity index (χ0v) is 11.9.